The van der Waals surface area contributed by atoms with Crippen LogP contribution in [0, 0.1) is 12.3 Å². The van der Waals surface area contributed by atoms with Gasteiger partial charge in [-0.25, -0.2) is 4.79 Å². The third-order valence-corrected chi connectivity index (χ3v) is 5.60. The van der Waals surface area contributed by atoms with Crippen molar-refractivity contribution < 1.29 is 14.3 Å². The van der Waals surface area contributed by atoms with Crippen LogP contribution in [0.15, 0.2) is 0 Å². The van der Waals surface area contributed by atoms with E-state index < -0.39 is 0 Å². The predicted octanol–water partition coefficient (Wildman–Crippen LogP) is 4.38. The Balaban J connectivity index is 2.14. The van der Waals surface area contributed by atoms with Gasteiger partial charge < -0.3 is 4.74 Å². The summed E-state index contributed by atoms with van der Waals surface area (Å²) in [6, 6.07) is 0. The van der Waals surface area contributed by atoms with E-state index in [2.05, 4.69) is 0 Å². The van der Waals surface area contributed by atoms with Crippen LogP contribution in [0.2, 0.25) is 0 Å². The Morgan fingerprint density at radius 3 is 2.50 bits per heavy atom. The molecule has 0 aromatic carbocycles. The molecule has 2 aliphatic rings. The van der Waals surface area contributed by atoms with Crippen LogP contribution >= 0.6 is 0 Å². The van der Waals surface area contributed by atoms with Gasteiger partial charge in [-0.05, 0) is 50.0 Å². The molecular formula is C20H27NO3. The molecule has 3 rings (SSSR count). The van der Waals surface area contributed by atoms with Gasteiger partial charge in [0.15, 0.2) is 5.78 Å². The number of fused-ring (bicyclic) bond motifs is 1. The van der Waals surface area contributed by atoms with Crippen LogP contribution in [-0.4, -0.2) is 23.3 Å². The summed E-state index contributed by atoms with van der Waals surface area (Å²) in [6.45, 7) is 8.07. The molecule has 1 aromatic heterocycles. The zero-order valence-electron chi connectivity index (χ0n) is 15.2. The second-order valence-corrected chi connectivity index (χ2v) is 7.68. The highest BCUT2D eigenvalue weighted by Gasteiger charge is 2.43. The SMILES string of the molecule is CCOC(=O)c1c(C(C)C)nc2c(c1C)C(=O)CC1(CCCC1)C2. The van der Waals surface area contributed by atoms with Crippen molar-refractivity contribution in [3.63, 3.8) is 0 Å². The van der Waals surface area contributed by atoms with Gasteiger partial charge in [0.25, 0.3) is 0 Å². The molecule has 0 N–H and O–H groups in total. The van der Waals surface area contributed by atoms with E-state index in [0.29, 0.717) is 24.2 Å². The number of rotatable bonds is 3. The van der Waals surface area contributed by atoms with Gasteiger partial charge in [-0.3, -0.25) is 9.78 Å². The summed E-state index contributed by atoms with van der Waals surface area (Å²) in [6.07, 6.45) is 6.13. The number of ketones is 1. The van der Waals surface area contributed by atoms with E-state index in [9.17, 15) is 9.59 Å². The van der Waals surface area contributed by atoms with Gasteiger partial charge in [0.2, 0.25) is 0 Å². The average Bonchev–Trinajstić information content (AvgIpc) is 2.93. The number of hydrogen-bond donors (Lipinski definition) is 0. The lowest BCUT2D eigenvalue weighted by molar-refractivity contribution is 0.0523. The van der Waals surface area contributed by atoms with E-state index >= 15 is 0 Å². The minimum absolute atomic E-state index is 0.114. The van der Waals surface area contributed by atoms with Gasteiger partial charge in [0, 0.05) is 12.0 Å². The Morgan fingerprint density at radius 1 is 1.25 bits per heavy atom. The van der Waals surface area contributed by atoms with Crippen molar-refractivity contribution in [1.82, 2.24) is 4.98 Å². The van der Waals surface area contributed by atoms with Crippen molar-refractivity contribution in [1.29, 1.82) is 0 Å². The molecule has 130 valence electrons. The molecule has 0 bridgehead atoms. The number of nitrogens with zero attached hydrogens (tertiary/aromatic N) is 1. The number of Topliss-reactive ketones (excluding diaryl/α,β-unsaturated/α-hetero) is 1. The molecule has 2 aliphatic carbocycles. The Bertz CT molecular complexity index is 685. The van der Waals surface area contributed by atoms with Gasteiger partial charge in [-0.15, -0.1) is 0 Å². The number of carbonyl (C=O) groups excluding carboxylic acids is 2. The van der Waals surface area contributed by atoms with Crippen LogP contribution < -0.4 is 0 Å². The fourth-order valence-electron chi connectivity index (χ4n) is 4.49. The molecule has 0 radical (unpaired) electrons. The first-order chi connectivity index (χ1) is 11.4. The van der Waals surface area contributed by atoms with E-state index in [4.69, 9.17) is 9.72 Å². The average molecular weight is 329 g/mol. The minimum Gasteiger partial charge on any atom is -0.462 e. The first kappa shape index (κ1) is 17.1. The molecule has 1 aromatic rings. The number of esters is 1. The maximum atomic E-state index is 12.9. The summed E-state index contributed by atoms with van der Waals surface area (Å²) in [5, 5.41) is 0. The van der Waals surface area contributed by atoms with Crippen molar-refractivity contribution in [2.24, 2.45) is 5.41 Å². The normalized spacial score (nSPS) is 19.0. The highest BCUT2D eigenvalue weighted by molar-refractivity contribution is 6.03. The summed E-state index contributed by atoms with van der Waals surface area (Å²) in [5.74, 6) is -0.0862. The van der Waals surface area contributed by atoms with Crippen LogP contribution in [0.25, 0.3) is 0 Å². The highest BCUT2D eigenvalue weighted by atomic mass is 16.5. The second kappa shape index (κ2) is 6.30. The van der Waals surface area contributed by atoms with Crippen molar-refractivity contribution in [2.45, 2.75) is 72.1 Å². The van der Waals surface area contributed by atoms with Gasteiger partial charge in [-0.1, -0.05) is 26.7 Å². The van der Waals surface area contributed by atoms with Crippen molar-refractivity contribution in [3.8, 4) is 0 Å². The van der Waals surface area contributed by atoms with Crippen molar-refractivity contribution >= 4 is 11.8 Å². The monoisotopic (exact) mass is 329 g/mol. The van der Waals surface area contributed by atoms with Crippen LogP contribution in [0.1, 0.15) is 96.5 Å². The first-order valence-corrected chi connectivity index (χ1v) is 9.12. The molecule has 24 heavy (non-hydrogen) atoms. The lowest BCUT2D eigenvalue weighted by Crippen LogP contribution is -2.33. The van der Waals surface area contributed by atoms with Gasteiger partial charge in [0.1, 0.15) is 0 Å². The number of hydrogen-bond acceptors (Lipinski definition) is 4. The van der Waals surface area contributed by atoms with E-state index in [1.165, 1.54) is 12.8 Å². The second-order valence-electron chi connectivity index (χ2n) is 7.68. The van der Waals surface area contributed by atoms with Crippen LogP contribution in [0.3, 0.4) is 0 Å². The zero-order valence-corrected chi connectivity index (χ0v) is 15.2. The Kier molecular flexibility index (Phi) is 4.50. The third-order valence-electron chi connectivity index (χ3n) is 5.60. The standard InChI is InChI=1S/C20H27NO3/c1-5-24-19(23)17-13(4)16-14(21-18(17)12(2)3)10-20(11-15(16)22)8-6-7-9-20/h12H,5-11H2,1-4H3. The zero-order chi connectivity index (χ0) is 17.5. The summed E-state index contributed by atoms with van der Waals surface area (Å²) in [4.78, 5) is 30.2. The van der Waals surface area contributed by atoms with E-state index in [0.717, 1.165) is 36.2 Å². The molecule has 0 amide bonds. The molecule has 0 aliphatic heterocycles. The molecule has 4 heteroatoms. The summed E-state index contributed by atoms with van der Waals surface area (Å²) >= 11 is 0. The van der Waals surface area contributed by atoms with Gasteiger partial charge in [-0.2, -0.15) is 0 Å². The van der Waals surface area contributed by atoms with Gasteiger partial charge >= 0.3 is 5.97 Å². The van der Waals surface area contributed by atoms with Crippen LogP contribution in [0.5, 0.6) is 0 Å². The molecule has 0 unspecified atom stereocenters. The molecule has 1 fully saturated rings. The fraction of sp³-hybridized carbons (Fsp3) is 0.650. The maximum Gasteiger partial charge on any atom is 0.340 e. The number of aromatic nitrogens is 1. The quantitative estimate of drug-likeness (QED) is 0.772. The summed E-state index contributed by atoms with van der Waals surface area (Å²) in [5.41, 5.74) is 3.74. The fourth-order valence-corrected chi connectivity index (χ4v) is 4.49. The van der Waals surface area contributed by atoms with Crippen LogP contribution in [-0.2, 0) is 11.2 Å². The van der Waals surface area contributed by atoms with Crippen molar-refractivity contribution in [2.75, 3.05) is 6.61 Å². The Labute approximate surface area is 144 Å². The van der Waals surface area contributed by atoms with Crippen molar-refractivity contribution in [3.05, 3.63) is 28.1 Å². The predicted molar refractivity (Wildman–Crippen MR) is 92.6 cm³/mol. The lowest BCUT2D eigenvalue weighted by Gasteiger charge is -2.34. The largest absolute Gasteiger partial charge is 0.462 e. The molecule has 1 saturated carbocycles. The molecule has 0 saturated heterocycles. The third kappa shape index (κ3) is 2.76. The molecule has 4 nitrogen and oxygen atoms in total. The smallest absolute Gasteiger partial charge is 0.340 e. The highest BCUT2D eigenvalue weighted by Crippen LogP contribution is 2.48. The maximum absolute atomic E-state index is 12.9. The van der Waals surface area contributed by atoms with E-state index in [1.54, 1.807) is 6.92 Å². The first-order valence-electron chi connectivity index (χ1n) is 9.12. The molecule has 0 atom stereocenters. The lowest BCUT2D eigenvalue weighted by atomic mass is 9.70. The molecule has 1 spiro atoms. The molecule has 1 heterocycles. The topological polar surface area (TPSA) is 56.3 Å². The Morgan fingerprint density at radius 2 is 1.92 bits per heavy atom. The minimum atomic E-state index is -0.358. The number of ether oxygens (including phenoxy) is 1. The van der Waals surface area contributed by atoms with E-state index in [-0.39, 0.29) is 23.1 Å². The molecular weight excluding hydrogens is 302 g/mol. The van der Waals surface area contributed by atoms with E-state index in [1.807, 2.05) is 20.8 Å². The summed E-state index contributed by atoms with van der Waals surface area (Å²) < 4.78 is 5.23. The Hall–Kier alpha value is -1.71. The number of carbonyl (C=O) groups is 2. The number of pyridine rings is 1. The summed E-state index contributed by atoms with van der Waals surface area (Å²) in [7, 11) is 0. The van der Waals surface area contributed by atoms with Crippen LogP contribution in [0.4, 0.5) is 0 Å². The van der Waals surface area contributed by atoms with Gasteiger partial charge in [0.05, 0.1) is 23.6 Å².